The fourth-order valence-corrected chi connectivity index (χ4v) is 2.85. The van der Waals surface area contributed by atoms with Crippen molar-refractivity contribution in [2.75, 3.05) is 11.9 Å². The SMILES string of the molecule is CCCNc1nc(C)cc(Sc2nc3ccccc3[nH]2)n1. The summed E-state index contributed by atoms with van der Waals surface area (Å²) >= 11 is 1.52. The van der Waals surface area contributed by atoms with E-state index in [9.17, 15) is 0 Å². The Morgan fingerprint density at radius 1 is 1.19 bits per heavy atom. The van der Waals surface area contributed by atoms with Gasteiger partial charge in [-0.2, -0.15) is 0 Å². The number of benzene rings is 1. The first-order chi connectivity index (χ1) is 10.2. The van der Waals surface area contributed by atoms with Crippen LogP contribution in [-0.4, -0.2) is 26.5 Å². The number of H-pyrrole nitrogens is 1. The monoisotopic (exact) mass is 299 g/mol. The second-order valence-corrected chi connectivity index (χ2v) is 5.77. The van der Waals surface area contributed by atoms with Crippen LogP contribution >= 0.6 is 11.8 Å². The predicted molar refractivity (Wildman–Crippen MR) is 85.8 cm³/mol. The van der Waals surface area contributed by atoms with Gasteiger partial charge in [0.2, 0.25) is 5.95 Å². The number of aromatic nitrogens is 4. The Morgan fingerprint density at radius 2 is 2.05 bits per heavy atom. The summed E-state index contributed by atoms with van der Waals surface area (Å²) in [7, 11) is 0. The van der Waals surface area contributed by atoms with Crippen LogP contribution in [0.25, 0.3) is 11.0 Å². The van der Waals surface area contributed by atoms with E-state index in [1.165, 1.54) is 11.8 Å². The van der Waals surface area contributed by atoms with Crippen LogP contribution < -0.4 is 5.32 Å². The van der Waals surface area contributed by atoms with Gasteiger partial charge in [-0.3, -0.25) is 0 Å². The van der Waals surface area contributed by atoms with Gasteiger partial charge in [-0.1, -0.05) is 19.1 Å². The molecule has 0 aliphatic rings. The Kier molecular flexibility index (Phi) is 4.06. The van der Waals surface area contributed by atoms with Crippen LogP contribution in [0, 0.1) is 6.92 Å². The second-order valence-electron chi connectivity index (χ2n) is 4.76. The molecule has 2 aromatic heterocycles. The van der Waals surface area contributed by atoms with Gasteiger partial charge in [0.25, 0.3) is 0 Å². The zero-order valence-electron chi connectivity index (χ0n) is 12.1. The molecular weight excluding hydrogens is 282 g/mol. The number of nitrogens with one attached hydrogen (secondary N) is 2. The van der Waals surface area contributed by atoms with E-state index in [0.29, 0.717) is 5.95 Å². The average Bonchev–Trinajstić information content (AvgIpc) is 2.86. The third kappa shape index (κ3) is 3.33. The first-order valence-electron chi connectivity index (χ1n) is 6.97. The molecule has 0 aliphatic carbocycles. The summed E-state index contributed by atoms with van der Waals surface area (Å²) < 4.78 is 0. The molecule has 0 aliphatic heterocycles. The number of para-hydroxylation sites is 2. The molecule has 3 aromatic rings. The van der Waals surface area contributed by atoms with Gasteiger partial charge in [0.15, 0.2) is 5.16 Å². The molecule has 108 valence electrons. The van der Waals surface area contributed by atoms with Crippen LogP contribution in [0.1, 0.15) is 19.0 Å². The minimum absolute atomic E-state index is 0.676. The molecule has 0 saturated heterocycles. The molecule has 0 radical (unpaired) electrons. The average molecular weight is 299 g/mol. The molecule has 3 rings (SSSR count). The Labute approximate surface area is 127 Å². The maximum atomic E-state index is 4.56. The Balaban J connectivity index is 1.84. The zero-order chi connectivity index (χ0) is 14.7. The Bertz CT molecular complexity index is 720. The van der Waals surface area contributed by atoms with Gasteiger partial charge >= 0.3 is 0 Å². The van der Waals surface area contributed by atoms with Crippen molar-refractivity contribution >= 4 is 28.7 Å². The third-order valence-corrected chi connectivity index (χ3v) is 3.74. The Morgan fingerprint density at radius 3 is 2.86 bits per heavy atom. The van der Waals surface area contributed by atoms with Gasteiger partial charge < -0.3 is 10.3 Å². The molecule has 5 nitrogen and oxygen atoms in total. The quantitative estimate of drug-likeness (QED) is 0.704. The minimum Gasteiger partial charge on any atom is -0.354 e. The fraction of sp³-hybridized carbons (Fsp3) is 0.267. The van der Waals surface area contributed by atoms with E-state index in [2.05, 4.69) is 32.2 Å². The molecule has 0 spiro atoms. The maximum Gasteiger partial charge on any atom is 0.223 e. The van der Waals surface area contributed by atoms with Gasteiger partial charge in [0.1, 0.15) is 5.03 Å². The third-order valence-electron chi connectivity index (χ3n) is 2.93. The lowest BCUT2D eigenvalue weighted by Crippen LogP contribution is -2.05. The Hall–Kier alpha value is -2.08. The number of imidazole rings is 1. The van der Waals surface area contributed by atoms with Gasteiger partial charge in [0, 0.05) is 12.2 Å². The molecule has 0 saturated carbocycles. The molecule has 0 amide bonds. The van der Waals surface area contributed by atoms with Crippen molar-refractivity contribution in [3.8, 4) is 0 Å². The van der Waals surface area contributed by atoms with Crippen molar-refractivity contribution in [2.24, 2.45) is 0 Å². The van der Waals surface area contributed by atoms with Crippen molar-refractivity contribution in [3.63, 3.8) is 0 Å². The van der Waals surface area contributed by atoms with Crippen LogP contribution in [0.2, 0.25) is 0 Å². The van der Waals surface area contributed by atoms with Crippen LogP contribution in [0.5, 0.6) is 0 Å². The van der Waals surface area contributed by atoms with E-state index in [1.807, 2.05) is 37.3 Å². The summed E-state index contributed by atoms with van der Waals surface area (Å²) in [5.74, 6) is 0.676. The summed E-state index contributed by atoms with van der Waals surface area (Å²) in [5.41, 5.74) is 2.95. The highest BCUT2D eigenvalue weighted by Gasteiger charge is 2.07. The van der Waals surface area contributed by atoms with Crippen LogP contribution in [0.4, 0.5) is 5.95 Å². The number of hydrogen-bond acceptors (Lipinski definition) is 5. The lowest BCUT2D eigenvalue weighted by atomic mass is 10.3. The van der Waals surface area contributed by atoms with E-state index >= 15 is 0 Å². The smallest absolute Gasteiger partial charge is 0.223 e. The number of hydrogen-bond donors (Lipinski definition) is 2. The van der Waals surface area contributed by atoms with Gasteiger partial charge in [-0.25, -0.2) is 15.0 Å². The second kappa shape index (κ2) is 6.13. The molecule has 0 fully saturated rings. The van der Waals surface area contributed by atoms with E-state index in [1.54, 1.807) is 0 Å². The molecule has 0 unspecified atom stereocenters. The maximum absolute atomic E-state index is 4.56. The zero-order valence-corrected chi connectivity index (χ0v) is 12.9. The topological polar surface area (TPSA) is 66.5 Å². The first-order valence-corrected chi connectivity index (χ1v) is 7.78. The van der Waals surface area contributed by atoms with E-state index in [4.69, 9.17) is 0 Å². The largest absolute Gasteiger partial charge is 0.354 e. The molecule has 2 heterocycles. The normalized spacial score (nSPS) is 11.0. The summed E-state index contributed by atoms with van der Waals surface area (Å²) in [5, 5.41) is 4.95. The number of nitrogens with zero attached hydrogens (tertiary/aromatic N) is 3. The lowest BCUT2D eigenvalue weighted by molar-refractivity contribution is 0.922. The van der Waals surface area contributed by atoms with Gasteiger partial charge in [-0.15, -0.1) is 0 Å². The summed E-state index contributed by atoms with van der Waals surface area (Å²) in [4.78, 5) is 16.8. The van der Waals surface area contributed by atoms with Crippen LogP contribution in [0.3, 0.4) is 0 Å². The number of anilines is 1. The molecule has 21 heavy (non-hydrogen) atoms. The molecule has 0 atom stereocenters. The standard InChI is InChI=1S/C15H17N5S/c1-3-8-16-14-17-10(2)9-13(20-14)21-15-18-11-6-4-5-7-12(11)19-15/h4-7,9H,3,8H2,1-2H3,(H,18,19)(H,16,17,20). The lowest BCUT2D eigenvalue weighted by Gasteiger charge is -2.05. The van der Waals surface area contributed by atoms with E-state index < -0.39 is 0 Å². The summed E-state index contributed by atoms with van der Waals surface area (Å²) in [6.45, 7) is 4.96. The number of aromatic amines is 1. The van der Waals surface area contributed by atoms with Gasteiger partial charge in [0.05, 0.1) is 11.0 Å². The molecule has 6 heteroatoms. The number of rotatable bonds is 5. The molecule has 0 bridgehead atoms. The first kappa shape index (κ1) is 13.9. The predicted octanol–water partition coefficient (Wildman–Crippen LogP) is 3.63. The van der Waals surface area contributed by atoms with Crippen molar-refractivity contribution in [1.29, 1.82) is 0 Å². The fourth-order valence-electron chi connectivity index (χ4n) is 1.98. The highest BCUT2D eigenvalue weighted by molar-refractivity contribution is 7.99. The summed E-state index contributed by atoms with van der Waals surface area (Å²) in [6.07, 6.45) is 1.04. The van der Waals surface area contributed by atoms with Crippen molar-refractivity contribution in [3.05, 3.63) is 36.0 Å². The van der Waals surface area contributed by atoms with Crippen molar-refractivity contribution in [1.82, 2.24) is 19.9 Å². The van der Waals surface area contributed by atoms with Crippen LogP contribution in [0.15, 0.2) is 40.5 Å². The summed E-state index contributed by atoms with van der Waals surface area (Å²) in [6, 6.07) is 9.96. The number of fused-ring (bicyclic) bond motifs is 1. The molecule has 1 aromatic carbocycles. The highest BCUT2D eigenvalue weighted by atomic mass is 32.2. The highest BCUT2D eigenvalue weighted by Crippen LogP contribution is 2.26. The van der Waals surface area contributed by atoms with E-state index in [0.717, 1.165) is 39.9 Å². The van der Waals surface area contributed by atoms with Crippen LogP contribution in [-0.2, 0) is 0 Å². The van der Waals surface area contributed by atoms with Gasteiger partial charge in [-0.05, 0) is 43.3 Å². The number of aryl methyl sites for hydroxylation is 1. The minimum atomic E-state index is 0.676. The van der Waals surface area contributed by atoms with Crippen molar-refractivity contribution < 1.29 is 0 Å². The molecular formula is C15H17N5S. The van der Waals surface area contributed by atoms with Crippen molar-refractivity contribution in [2.45, 2.75) is 30.5 Å². The van der Waals surface area contributed by atoms with E-state index in [-0.39, 0.29) is 0 Å². The molecule has 2 N–H and O–H groups in total.